The van der Waals surface area contributed by atoms with Gasteiger partial charge in [-0.05, 0) is 6.07 Å². The molecule has 2 aromatic rings. The summed E-state index contributed by atoms with van der Waals surface area (Å²) in [7, 11) is 0. The van der Waals surface area contributed by atoms with Gasteiger partial charge in [-0.15, -0.1) is 5.10 Å². The number of nitrogens with one attached hydrogen (secondary N) is 2. The summed E-state index contributed by atoms with van der Waals surface area (Å²) in [5, 5.41) is 8.47. The quantitative estimate of drug-likeness (QED) is 0.638. The molecule has 2 rings (SSSR count). The zero-order valence-corrected chi connectivity index (χ0v) is 8.56. The van der Waals surface area contributed by atoms with Crippen LogP contribution in [-0.4, -0.2) is 31.1 Å². The number of nitrogens with zero attached hydrogens (tertiary/aromatic N) is 4. The Labute approximate surface area is 94.3 Å². The molecule has 0 fully saturated rings. The van der Waals surface area contributed by atoms with E-state index in [0.717, 1.165) is 0 Å². The molecule has 0 atom stereocenters. The minimum atomic E-state index is -0.550. The van der Waals surface area contributed by atoms with Crippen LogP contribution in [0.15, 0.2) is 12.3 Å². The first-order valence-corrected chi connectivity index (χ1v) is 4.51. The Hall–Kier alpha value is -2.22. The molecular formula is C7H6ClN7O. The highest BCUT2D eigenvalue weighted by atomic mass is 35.5. The third kappa shape index (κ3) is 2.23. The lowest BCUT2D eigenvalue weighted by Gasteiger charge is -1.99. The van der Waals surface area contributed by atoms with Crippen LogP contribution >= 0.6 is 11.6 Å². The molecule has 82 valence electrons. The zero-order chi connectivity index (χ0) is 11.5. The van der Waals surface area contributed by atoms with Crippen molar-refractivity contribution in [1.29, 1.82) is 0 Å². The molecule has 8 nitrogen and oxygen atoms in total. The molecule has 0 aromatic carbocycles. The lowest BCUT2D eigenvalue weighted by Crippen LogP contribution is -2.15. The molecule has 16 heavy (non-hydrogen) atoms. The number of H-pyrrole nitrogens is 1. The second-order valence-electron chi connectivity index (χ2n) is 2.70. The Kier molecular flexibility index (Phi) is 2.64. The first-order valence-electron chi connectivity index (χ1n) is 4.13. The van der Waals surface area contributed by atoms with Crippen LogP contribution < -0.4 is 11.1 Å². The average Bonchev–Trinajstić information content (AvgIpc) is 2.65. The molecule has 0 spiro atoms. The van der Waals surface area contributed by atoms with Gasteiger partial charge in [-0.3, -0.25) is 15.2 Å². The average molecular weight is 240 g/mol. The van der Waals surface area contributed by atoms with Gasteiger partial charge in [0.1, 0.15) is 5.15 Å². The summed E-state index contributed by atoms with van der Waals surface area (Å²) >= 11 is 5.62. The number of aromatic nitrogens is 5. The fraction of sp³-hybridized carbons (Fsp3) is 0. The van der Waals surface area contributed by atoms with Crippen LogP contribution in [0, 0.1) is 0 Å². The monoisotopic (exact) mass is 239 g/mol. The maximum absolute atomic E-state index is 11.5. The molecule has 0 aliphatic carbocycles. The highest BCUT2D eigenvalue weighted by Crippen LogP contribution is 2.06. The molecule has 0 unspecified atom stereocenters. The molecule has 0 aliphatic rings. The van der Waals surface area contributed by atoms with E-state index in [0.29, 0.717) is 0 Å². The Morgan fingerprint density at radius 1 is 1.50 bits per heavy atom. The number of halogens is 1. The lowest BCUT2D eigenvalue weighted by molar-refractivity contribution is 0.101. The van der Waals surface area contributed by atoms with Crippen LogP contribution in [0.25, 0.3) is 0 Å². The third-order valence-electron chi connectivity index (χ3n) is 1.56. The fourth-order valence-corrected chi connectivity index (χ4v) is 1.07. The summed E-state index contributed by atoms with van der Waals surface area (Å²) in [5.41, 5.74) is 5.25. The molecule has 2 aromatic heterocycles. The van der Waals surface area contributed by atoms with Crippen molar-refractivity contribution in [2.24, 2.45) is 0 Å². The number of nitrogens with two attached hydrogens (primary N) is 1. The number of hydrogen-bond acceptors (Lipinski definition) is 6. The topological polar surface area (TPSA) is 122 Å². The van der Waals surface area contributed by atoms with Crippen LogP contribution in [0.5, 0.6) is 0 Å². The summed E-state index contributed by atoms with van der Waals surface area (Å²) in [6.45, 7) is 0. The van der Waals surface area contributed by atoms with E-state index in [1.54, 1.807) is 0 Å². The number of carbonyl (C=O) groups excluding carboxylic acids is 1. The van der Waals surface area contributed by atoms with Gasteiger partial charge in [-0.2, -0.15) is 4.98 Å². The highest BCUT2D eigenvalue weighted by Gasteiger charge is 2.12. The van der Waals surface area contributed by atoms with Gasteiger partial charge in [0.05, 0.1) is 0 Å². The van der Waals surface area contributed by atoms with Gasteiger partial charge in [-0.25, -0.2) is 9.97 Å². The van der Waals surface area contributed by atoms with Crippen LogP contribution in [0.2, 0.25) is 5.15 Å². The summed E-state index contributed by atoms with van der Waals surface area (Å²) < 4.78 is 0. The lowest BCUT2D eigenvalue weighted by atomic mass is 10.5. The summed E-state index contributed by atoms with van der Waals surface area (Å²) in [6.07, 6.45) is 1.42. The Morgan fingerprint density at radius 3 is 2.94 bits per heavy atom. The second kappa shape index (κ2) is 4.11. The third-order valence-corrected chi connectivity index (χ3v) is 1.78. The first-order chi connectivity index (χ1) is 7.65. The minimum Gasteiger partial charge on any atom is -0.366 e. The number of rotatable bonds is 2. The van der Waals surface area contributed by atoms with E-state index in [9.17, 15) is 4.79 Å². The summed E-state index contributed by atoms with van der Waals surface area (Å²) in [6, 6.07) is 1.49. The predicted octanol–water partition coefficient (Wildman–Crippen LogP) is 0.0826. The first kappa shape index (κ1) is 10.3. The number of amides is 1. The predicted molar refractivity (Wildman–Crippen MR) is 55.8 cm³/mol. The van der Waals surface area contributed by atoms with Crippen LogP contribution in [0.3, 0.4) is 0 Å². The van der Waals surface area contributed by atoms with Crippen molar-refractivity contribution in [2.45, 2.75) is 0 Å². The second-order valence-corrected chi connectivity index (χ2v) is 3.09. The number of anilines is 2. The smallest absolute Gasteiger partial charge is 0.295 e. The van der Waals surface area contributed by atoms with Gasteiger partial charge in [0, 0.05) is 6.20 Å². The van der Waals surface area contributed by atoms with Gasteiger partial charge in [0.15, 0.2) is 0 Å². The maximum Gasteiger partial charge on any atom is 0.295 e. The van der Waals surface area contributed by atoms with E-state index in [4.69, 9.17) is 17.3 Å². The number of carbonyl (C=O) groups is 1. The van der Waals surface area contributed by atoms with E-state index in [-0.39, 0.29) is 22.9 Å². The molecule has 0 saturated carbocycles. The molecule has 4 N–H and O–H groups in total. The number of aromatic amines is 1. The van der Waals surface area contributed by atoms with E-state index in [2.05, 4.69) is 30.5 Å². The molecule has 9 heteroatoms. The summed E-state index contributed by atoms with van der Waals surface area (Å²) in [4.78, 5) is 22.7. The van der Waals surface area contributed by atoms with E-state index in [1.165, 1.54) is 12.3 Å². The van der Waals surface area contributed by atoms with Gasteiger partial charge >= 0.3 is 0 Å². The highest BCUT2D eigenvalue weighted by molar-refractivity contribution is 6.29. The number of nitrogen functional groups attached to an aromatic ring is 1. The largest absolute Gasteiger partial charge is 0.366 e. The van der Waals surface area contributed by atoms with Crippen molar-refractivity contribution in [3.05, 3.63) is 23.2 Å². The van der Waals surface area contributed by atoms with Gasteiger partial charge in [0.25, 0.3) is 5.91 Å². The van der Waals surface area contributed by atoms with E-state index in [1.807, 2.05) is 0 Å². The van der Waals surface area contributed by atoms with Gasteiger partial charge in [-0.1, -0.05) is 11.6 Å². The van der Waals surface area contributed by atoms with E-state index >= 15 is 0 Å². The fourth-order valence-electron chi connectivity index (χ4n) is 0.934. The van der Waals surface area contributed by atoms with Crippen LogP contribution in [-0.2, 0) is 0 Å². The van der Waals surface area contributed by atoms with Crippen molar-refractivity contribution in [3.63, 3.8) is 0 Å². The maximum atomic E-state index is 11.5. The van der Waals surface area contributed by atoms with Crippen molar-refractivity contribution < 1.29 is 4.79 Å². The normalized spacial score (nSPS) is 10.1. The van der Waals surface area contributed by atoms with Gasteiger partial charge < -0.3 is 5.73 Å². The van der Waals surface area contributed by atoms with Crippen LogP contribution in [0.4, 0.5) is 11.9 Å². The summed E-state index contributed by atoms with van der Waals surface area (Å²) in [5.74, 6) is -0.517. The Balaban J connectivity index is 2.13. The molecule has 0 aliphatic heterocycles. The molecule has 0 saturated heterocycles. The van der Waals surface area contributed by atoms with Gasteiger partial charge in [0.2, 0.25) is 17.7 Å². The number of hydrogen-bond donors (Lipinski definition) is 3. The standard InChI is InChI=1S/C7H6ClN7O/c8-3-1-2-10-7(11-3)13-5(16)4-12-6(9)15-14-4/h1-2H,(H3,9,12,14,15)(H,10,11,13,16). The molecule has 1 amide bonds. The zero-order valence-electron chi connectivity index (χ0n) is 7.81. The Morgan fingerprint density at radius 2 is 2.31 bits per heavy atom. The van der Waals surface area contributed by atoms with Crippen LogP contribution in [0.1, 0.15) is 10.6 Å². The Bertz CT molecular complexity index is 525. The van der Waals surface area contributed by atoms with E-state index < -0.39 is 5.91 Å². The molecule has 2 heterocycles. The van der Waals surface area contributed by atoms with Crippen molar-refractivity contribution in [1.82, 2.24) is 25.1 Å². The molecular weight excluding hydrogens is 234 g/mol. The molecule has 0 bridgehead atoms. The van der Waals surface area contributed by atoms with Crippen molar-refractivity contribution >= 4 is 29.4 Å². The van der Waals surface area contributed by atoms with Crippen molar-refractivity contribution in [3.8, 4) is 0 Å². The SMILES string of the molecule is Nc1n[nH]c(C(=O)Nc2nccc(Cl)n2)n1. The van der Waals surface area contributed by atoms with Crippen molar-refractivity contribution in [2.75, 3.05) is 11.1 Å². The minimum absolute atomic E-state index is 0.0165. The molecule has 0 radical (unpaired) electrons.